The Morgan fingerprint density at radius 1 is 1.12 bits per heavy atom. The molecule has 0 aliphatic rings. The van der Waals surface area contributed by atoms with Crippen molar-refractivity contribution in [3.8, 4) is 0 Å². The maximum Gasteiger partial charge on any atom is 0.0859 e. The van der Waals surface area contributed by atoms with Crippen LogP contribution in [0.15, 0.2) is 0 Å². The first-order chi connectivity index (χ1) is 7.98. The fraction of sp³-hybridized carbons (Fsp3) is 0.857. The molecule has 0 aliphatic heterocycles. The number of nitrogens with zero attached hydrogens (tertiary/aromatic N) is 3. The van der Waals surface area contributed by atoms with Gasteiger partial charge in [0, 0.05) is 6.54 Å². The predicted octanol–water partition coefficient (Wildman–Crippen LogP) is 3.62. The lowest BCUT2D eigenvalue weighted by atomic mass is 9.89. The molecule has 1 aromatic rings. The van der Waals surface area contributed by atoms with E-state index in [2.05, 4.69) is 49.6 Å². The molecule has 0 atom stereocenters. The molecule has 0 saturated carbocycles. The van der Waals surface area contributed by atoms with Crippen LogP contribution >= 0.6 is 0 Å². The minimum Gasteiger partial charge on any atom is -0.249 e. The molecular formula is C14H27N3. The van der Waals surface area contributed by atoms with Gasteiger partial charge in [-0.25, -0.2) is 4.68 Å². The van der Waals surface area contributed by atoms with Crippen LogP contribution in [0.3, 0.4) is 0 Å². The SMILES string of the molecule is CCCCn1nnc(CCC)c1CC(C)(C)C. The highest BCUT2D eigenvalue weighted by atomic mass is 15.4. The molecule has 1 rings (SSSR count). The van der Waals surface area contributed by atoms with Crippen molar-refractivity contribution in [2.24, 2.45) is 5.41 Å². The molecule has 3 nitrogen and oxygen atoms in total. The average Bonchev–Trinajstić information content (AvgIpc) is 2.57. The molecule has 1 aromatic heterocycles. The maximum absolute atomic E-state index is 4.36. The number of unbranched alkanes of at least 4 members (excludes halogenated alkanes) is 1. The largest absolute Gasteiger partial charge is 0.249 e. The van der Waals surface area contributed by atoms with Gasteiger partial charge in [0.05, 0.1) is 11.4 Å². The quantitative estimate of drug-likeness (QED) is 0.756. The summed E-state index contributed by atoms with van der Waals surface area (Å²) in [7, 11) is 0. The van der Waals surface area contributed by atoms with E-state index < -0.39 is 0 Å². The van der Waals surface area contributed by atoms with Crippen molar-refractivity contribution in [2.45, 2.75) is 73.3 Å². The van der Waals surface area contributed by atoms with Gasteiger partial charge in [-0.3, -0.25) is 0 Å². The number of aromatic nitrogens is 3. The Kier molecular flexibility index (Phi) is 5.16. The molecule has 17 heavy (non-hydrogen) atoms. The van der Waals surface area contributed by atoms with Gasteiger partial charge in [-0.05, 0) is 24.7 Å². The van der Waals surface area contributed by atoms with Crippen molar-refractivity contribution in [1.82, 2.24) is 15.0 Å². The van der Waals surface area contributed by atoms with Crippen molar-refractivity contribution in [3.63, 3.8) is 0 Å². The fourth-order valence-electron chi connectivity index (χ4n) is 1.98. The molecule has 0 radical (unpaired) electrons. The first-order valence-corrected chi connectivity index (χ1v) is 6.89. The van der Waals surface area contributed by atoms with Crippen LogP contribution in [0.5, 0.6) is 0 Å². The topological polar surface area (TPSA) is 30.7 Å². The molecule has 0 fully saturated rings. The number of aryl methyl sites for hydroxylation is 2. The minimum atomic E-state index is 0.300. The van der Waals surface area contributed by atoms with Crippen molar-refractivity contribution in [3.05, 3.63) is 11.4 Å². The standard InChI is InChI=1S/C14H27N3/c1-6-8-10-17-13(11-14(3,4)5)12(9-7-2)15-16-17/h6-11H2,1-5H3. The van der Waals surface area contributed by atoms with Gasteiger partial charge in [-0.2, -0.15) is 0 Å². The minimum absolute atomic E-state index is 0.300. The van der Waals surface area contributed by atoms with Crippen LogP contribution in [-0.4, -0.2) is 15.0 Å². The van der Waals surface area contributed by atoms with Crippen molar-refractivity contribution in [1.29, 1.82) is 0 Å². The van der Waals surface area contributed by atoms with E-state index in [9.17, 15) is 0 Å². The Labute approximate surface area is 106 Å². The smallest absolute Gasteiger partial charge is 0.0859 e. The zero-order chi connectivity index (χ0) is 12.9. The fourth-order valence-corrected chi connectivity index (χ4v) is 1.98. The van der Waals surface area contributed by atoms with Gasteiger partial charge in [0.2, 0.25) is 0 Å². The molecule has 98 valence electrons. The summed E-state index contributed by atoms with van der Waals surface area (Å²) in [6, 6.07) is 0. The summed E-state index contributed by atoms with van der Waals surface area (Å²) < 4.78 is 2.12. The monoisotopic (exact) mass is 237 g/mol. The summed E-state index contributed by atoms with van der Waals surface area (Å²) >= 11 is 0. The third-order valence-corrected chi connectivity index (χ3v) is 2.83. The van der Waals surface area contributed by atoms with Gasteiger partial charge in [0.25, 0.3) is 0 Å². The highest BCUT2D eigenvalue weighted by molar-refractivity contribution is 5.12. The summed E-state index contributed by atoms with van der Waals surface area (Å²) in [5, 5.41) is 8.68. The molecule has 0 saturated heterocycles. The van der Waals surface area contributed by atoms with Gasteiger partial charge >= 0.3 is 0 Å². The third-order valence-electron chi connectivity index (χ3n) is 2.83. The van der Waals surface area contributed by atoms with Crippen molar-refractivity contribution < 1.29 is 0 Å². The van der Waals surface area contributed by atoms with Crippen LogP contribution in [0.2, 0.25) is 0 Å². The third kappa shape index (κ3) is 4.49. The zero-order valence-corrected chi connectivity index (χ0v) is 12.1. The Hall–Kier alpha value is -0.860. The summed E-state index contributed by atoms with van der Waals surface area (Å²) in [6.07, 6.45) is 5.66. The number of hydrogen-bond donors (Lipinski definition) is 0. The molecule has 0 aliphatic carbocycles. The Morgan fingerprint density at radius 3 is 2.35 bits per heavy atom. The second-order valence-corrected chi connectivity index (χ2v) is 6.05. The zero-order valence-electron chi connectivity index (χ0n) is 12.1. The Balaban J connectivity index is 2.89. The lowest BCUT2D eigenvalue weighted by Crippen LogP contribution is -2.16. The van der Waals surface area contributed by atoms with E-state index in [-0.39, 0.29) is 0 Å². The molecule has 0 unspecified atom stereocenters. The second-order valence-electron chi connectivity index (χ2n) is 6.05. The normalized spacial score (nSPS) is 12.1. The molecule has 3 heteroatoms. The van der Waals surface area contributed by atoms with E-state index in [1.807, 2.05) is 0 Å². The maximum atomic E-state index is 4.36. The van der Waals surface area contributed by atoms with Gasteiger partial charge in [-0.15, -0.1) is 5.10 Å². The molecule has 0 amide bonds. The molecule has 0 spiro atoms. The number of rotatable bonds is 6. The Bertz CT molecular complexity index is 334. The van der Waals surface area contributed by atoms with Gasteiger partial charge in [0.1, 0.15) is 0 Å². The van der Waals surface area contributed by atoms with Crippen molar-refractivity contribution >= 4 is 0 Å². The van der Waals surface area contributed by atoms with E-state index in [4.69, 9.17) is 0 Å². The molecule has 0 N–H and O–H groups in total. The van der Waals surface area contributed by atoms with Gasteiger partial charge in [-0.1, -0.05) is 52.7 Å². The second kappa shape index (κ2) is 6.18. The summed E-state index contributed by atoms with van der Waals surface area (Å²) in [5.74, 6) is 0. The van der Waals surface area contributed by atoms with Crippen molar-refractivity contribution in [2.75, 3.05) is 0 Å². The van der Waals surface area contributed by atoms with Crippen LogP contribution in [-0.2, 0) is 19.4 Å². The van der Waals surface area contributed by atoms with Crippen LogP contribution in [0, 0.1) is 5.41 Å². The van der Waals surface area contributed by atoms with Gasteiger partial charge < -0.3 is 0 Å². The lowest BCUT2D eigenvalue weighted by molar-refractivity contribution is 0.388. The molecule has 0 bridgehead atoms. The first kappa shape index (κ1) is 14.2. The molecule has 0 aromatic carbocycles. The van der Waals surface area contributed by atoms with E-state index in [0.29, 0.717) is 5.41 Å². The average molecular weight is 237 g/mol. The number of hydrogen-bond acceptors (Lipinski definition) is 2. The highest BCUT2D eigenvalue weighted by Gasteiger charge is 2.19. The van der Waals surface area contributed by atoms with Crippen LogP contribution in [0.25, 0.3) is 0 Å². The van der Waals surface area contributed by atoms with Crippen LogP contribution in [0.1, 0.15) is 65.3 Å². The van der Waals surface area contributed by atoms with Crippen LogP contribution in [0.4, 0.5) is 0 Å². The van der Waals surface area contributed by atoms with E-state index in [1.165, 1.54) is 24.2 Å². The summed E-state index contributed by atoms with van der Waals surface area (Å²) in [4.78, 5) is 0. The Morgan fingerprint density at radius 2 is 1.82 bits per heavy atom. The summed E-state index contributed by atoms with van der Waals surface area (Å²) in [5.41, 5.74) is 2.86. The predicted molar refractivity (Wildman–Crippen MR) is 72.1 cm³/mol. The molecule has 1 heterocycles. The highest BCUT2D eigenvalue weighted by Crippen LogP contribution is 2.23. The first-order valence-electron chi connectivity index (χ1n) is 6.89. The van der Waals surface area contributed by atoms with Crippen LogP contribution < -0.4 is 0 Å². The van der Waals surface area contributed by atoms with E-state index in [1.54, 1.807) is 0 Å². The molecular weight excluding hydrogens is 210 g/mol. The van der Waals surface area contributed by atoms with Gasteiger partial charge in [0.15, 0.2) is 0 Å². The van der Waals surface area contributed by atoms with E-state index in [0.717, 1.165) is 25.8 Å². The summed E-state index contributed by atoms with van der Waals surface area (Å²) in [6.45, 7) is 12.3. The van der Waals surface area contributed by atoms with E-state index >= 15 is 0 Å². The lowest BCUT2D eigenvalue weighted by Gasteiger charge is -2.19.